The molecule has 4 heteroatoms. The zero-order chi connectivity index (χ0) is 15.0. The van der Waals surface area contributed by atoms with Gasteiger partial charge in [0.1, 0.15) is 0 Å². The van der Waals surface area contributed by atoms with Crippen molar-refractivity contribution in [2.24, 2.45) is 0 Å². The van der Waals surface area contributed by atoms with E-state index in [0.29, 0.717) is 5.54 Å². The minimum atomic E-state index is 0.0377. The lowest BCUT2D eigenvalue weighted by atomic mass is 10.1. The van der Waals surface area contributed by atoms with Gasteiger partial charge in [0.2, 0.25) is 0 Å². The van der Waals surface area contributed by atoms with Crippen molar-refractivity contribution in [1.29, 1.82) is 0 Å². The van der Waals surface area contributed by atoms with Crippen LogP contribution in [0.25, 0.3) is 11.3 Å². The zero-order valence-corrected chi connectivity index (χ0v) is 12.6. The fourth-order valence-electron chi connectivity index (χ4n) is 3.39. The Balaban J connectivity index is 1.57. The zero-order valence-electron chi connectivity index (χ0n) is 12.6. The lowest BCUT2D eigenvalue weighted by molar-refractivity contribution is 0.134. The number of H-pyrrole nitrogens is 1. The summed E-state index contributed by atoms with van der Waals surface area (Å²) in [5.74, 6) is 0. The molecule has 0 bridgehead atoms. The molecule has 2 aromatic rings. The second kappa shape index (κ2) is 5.38. The Labute approximate surface area is 130 Å². The molecule has 114 valence electrons. The molecule has 1 saturated carbocycles. The van der Waals surface area contributed by atoms with Gasteiger partial charge in [-0.3, -0.25) is 9.69 Å². The fraction of sp³-hybridized carbons (Fsp3) is 0.389. The summed E-state index contributed by atoms with van der Waals surface area (Å²) in [5.41, 5.74) is 3.16. The van der Waals surface area contributed by atoms with Crippen LogP contribution < -0.4 is 10.9 Å². The van der Waals surface area contributed by atoms with E-state index in [1.807, 2.05) is 42.5 Å². The van der Waals surface area contributed by atoms with E-state index in [2.05, 4.69) is 15.2 Å². The number of hydrogen-bond donors (Lipinski definition) is 2. The van der Waals surface area contributed by atoms with Crippen LogP contribution in [0.1, 0.15) is 18.4 Å². The van der Waals surface area contributed by atoms with E-state index in [1.54, 1.807) is 0 Å². The molecule has 1 aliphatic heterocycles. The van der Waals surface area contributed by atoms with E-state index in [9.17, 15) is 4.79 Å². The second-order valence-electron chi connectivity index (χ2n) is 6.42. The van der Waals surface area contributed by atoms with Crippen LogP contribution in [0.5, 0.6) is 0 Å². The van der Waals surface area contributed by atoms with Crippen LogP contribution in [0.4, 0.5) is 0 Å². The van der Waals surface area contributed by atoms with Crippen LogP contribution in [0.15, 0.2) is 47.3 Å². The van der Waals surface area contributed by atoms with Crippen molar-refractivity contribution in [2.75, 3.05) is 19.6 Å². The molecule has 22 heavy (non-hydrogen) atoms. The third-order valence-electron chi connectivity index (χ3n) is 4.95. The van der Waals surface area contributed by atoms with Crippen LogP contribution in [-0.2, 0) is 6.54 Å². The maximum Gasteiger partial charge on any atom is 0.252 e. The molecule has 4 nitrogen and oxygen atoms in total. The van der Waals surface area contributed by atoms with Gasteiger partial charge in [-0.1, -0.05) is 36.4 Å². The smallest absolute Gasteiger partial charge is 0.252 e. The van der Waals surface area contributed by atoms with Gasteiger partial charge in [0.25, 0.3) is 5.56 Å². The molecular formula is C18H21N3O. The van der Waals surface area contributed by atoms with E-state index in [4.69, 9.17) is 0 Å². The highest BCUT2D eigenvalue weighted by molar-refractivity contribution is 5.58. The maximum atomic E-state index is 12.4. The molecule has 1 aromatic heterocycles. The first-order valence-corrected chi connectivity index (χ1v) is 8.00. The van der Waals surface area contributed by atoms with E-state index in [1.165, 1.54) is 12.8 Å². The normalized spacial score (nSPS) is 20.2. The van der Waals surface area contributed by atoms with E-state index >= 15 is 0 Å². The summed E-state index contributed by atoms with van der Waals surface area (Å²) in [4.78, 5) is 17.9. The van der Waals surface area contributed by atoms with Crippen molar-refractivity contribution in [3.8, 4) is 11.3 Å². The predicted octanol–water partition coefficient (Wildman–Crippen LogP) is 1.98. The van der Waals surface area contributed by atoms with Gasteiger partial charge >= 0.3 is 0 Å². The fourth-order valence-corrected chi connectivity index (χ4v) is 3.39. The minimum absolute atomic E-state index is 0.0377. The molecule has 0 unspecified atom stereocenters. The monoisotopic (exact) mass is 295 g/mol. The third-order valence-corrected chi connectivity index (χ3v) is 4.95. The number of nitrogens with zero attached hydrogens (tertiary/aromatic N) is 1. The quantitative estimate of drug-likeness (QED) is 0.910. The Hall–Kier alpha value is -1.91. The van der Waals surface area contributed by atoms with Crippen LogP contribution in [0.2, 0.25) is 0 Å². The van der Waals surface area contributed by atoms with Crippen LogP contribution in [0.3, 0.4) is 0 Å². The van der Waals surface area contributed by atoms with Crippen molar-refractivity contribution in [2.45, 2.75) is 24.9 Å². The standard InChI is InChI=1S/C18H21N3O/c22-17-15(12-21-11-10-19-13-18(21)8-9-18)6-7-16(20-17)14-4-2-1-3-5-14/h1-7,19H,8-13H2,(H,20,22). The number of benzene rings is 1. The van der Waals surface area contributed by atoms with Crippen molar-refractivity contribution in [1.82, 2.24) is 15.2 Å². The van der Waals surface area contributed by atoms with Crippen molar-refractivity contribution in [3.05, 3.63) is 58.4 Å². The molecule has 1 aliphatic carbocycles. The number of hydrogen-bond acceptors (Lipinski definition) is 3. The van der Waals surface area contributed by atoms with Gasteiger partial charge in [0, 0.05) is 43.0 Å². The Morgan fingerprint density at radius 1 is 1.09 bits per heavy atom. The van der Waals surface area contributed by atoms with Gasteiger partial charge in [0.15, 0.2) is 0 Å². The lowest BCUT2D eigenvalue weighted by Crippen LogP contribution is -2.53. The van der Waals surface area contributed by atoms with Crippen molar-refractivity contribution < 1.29 is 0 Å². The average Bonchev–Trinajstić information content (AvgIpc) is 3.32. The number of aromatic nitrogens is 1. The van der Waals surface area contributed by atoms with Gasteiger partial charge < -0.3 is 10.3 Å². The first-order chi connectivity index (χ1) is 10.8. The Bertz CT molecular complexity index is 719. The summed E-state index contributed by atoms with van der Waals surface area (Å²) in [6.45, 7) is 3.86. The number of pyridine rings is 1. The number of piperazine rings is 1. The molecule has 0 atom stereocenters. The number of nitrogens with one attached hydrogen (secondary N) is 2. The lowest BCUT2D eigenvalue weighted by Gasteiger charge is -2.36. The molecule has 1 saturated heterocycles. The first-order valence-electron chi connectivity index (χ1n) is 8.00. The third kappa shape index (κ3) is 2.49. The van der Waals surface area contributed by atoms with E-state index in [-0.39, 0.29) is 5.56 Å². The Morgan fingerprint density at radius 3 is 2.64 bits per heavy atom. The summed E-state index contributed by atoms with van der Waals surface area (Å²) in [6.07, 6.45) is 2.50. The van der Waals surface area contributed by atoms with Crippen LogP contribution in [-0.4, -0.2) is 35.1 Å². The largest absolute Gasteiger partial charge is 0.322 e. The van der Waals surface area contributed by atoms with Crippen LogP contribution in [0, 0.1) is 0 Å². The molecule has 4 rings (SSSR count). The van der Waals surface area contributed by atoms with Gasteiger partial charge in [-0.2, -0.15) is 0 Å². The molecule has 1 aromatic carbocycles. The van der Waals surface area contributed by atoms with Gasteiger partial charge in [-0.05, 0) is 24.5 Å². The highest BCUT2D eigenvalue weighted by Gasteiger charge is 2.48. The Morgan fingerprint density at radius 2 is 1.91 bits per heavy atom. The molecule has 2 fully saturated rings. The maximum absolute atomic E-state index is 12.4. The topological polar surface area (TPSA) is 48.1 Å². The molecule has 2 heterocycles. The molecule has 0 radical (unpaired) electrons. The highest BCUT2D eigenvalue weighted by atomic mass is 16.1. The summed E-state index contributed by atoms with van der Waals surface area (Å²) in [7, 11) is 0. The van der Waals surface area contributed by atoms with Gasteiger partial charge in [0.05, 0.1) is 0 Å². The van der Waals surface area contributed by atoms with Crippen molar-refractivity contribution >= 4 is 0 Å². The summed E-state index contributed by atoms with van der Waals surface area (Å²) in [5, 5.41) is 3.47. The molecule has 2 N–H and O–H groups in total. The molecule has 2 aliphatic rings. The molecular weight excluding hydrogens is 274 g/mol. The minimum Gasteiger partial charge on any atom is -0.322 e. The summed E-state index contributed by atoms with van der Waals surface area (Å²) >= 11 is 0. The van der Waals surface area contributed by atoms with Gasteiger partial charge in [-0.15, -0.1) is 0 Å². The average molecular weight is 295 g/mol. The van der Waals surface area contributed by atoms with Gasteiger partial charge in [-0.25, -0.2) is 0 Å². The highest BCUT2D eigenvalue weighted by Crippen LogP contribution is 2.42. The number of rotatable bonds is 3. The van der Waals surface area contributed by atoms with E-state index in [0.717, 1.165) is 43.0 Å². The summed E-state index contributed by atoms with van der Waals surface area (Å²) < 4.78 is 0. The summed E-state index contributed by atoms with van der Waals surface area (Å²) in [6, 6.07) is 14.0. The molecule has 1 spiro atoms. The molecule has 0 amide bonds. The second-order valence-corrected chi connectivity index (χ2v) is 6.42. The Kier molecular flexibility index (Phi) is 3.36. The van der Waals surface area contributed by atoms with Crippen LogP contribution >= 0.6 is 0 Å². The SMILES string of the molecule is O=c1[nH]c(-c2ccccc2)ccc1CN1CCNCC12CC2. The number of aromatic amines is 1. The van der Waals surface area contributed by atoms with Crippen molar-refractivity contribution in [3.63, 3.8) is 0 Å². The first kappa shape index (κ1) is 13.7. The van der Waals surface area contributed by atoms with E-state index < -0.39 is 0 Å². The predicted molar refractivity (Wildman–Crippen MR) is 87.7 cm³/mol.